The highest BCUT2D eigenvalue weighted by molar-refractivity contribution is 6.42. The Hall–Kier alpha value is -1.97. The van der Waals surface area contributed by atoms with Gasteiger partial charge in [0.15, 0.2) is 0 Å². The third kappa shape index (κ3) is 3.87. The van der Waals surface area contributed by atoms with Crippen LogP contribution >= 0.6 is 23.2 Å². The van der Waals surface area contributed by atoms with Gasteiger partial charge >= 0.3 is 0 Å². The van der Waals surface area contributed by atoms with E-state index >= 15 is 0 Å². The summed E-state index contributed by atoms with van der Waals surface area (Å²) in [6.07, 6.45) is 3.96. The molecule has 0 bridgehead atoms. The first-order chi connectivity index (χ1) is 11.1. The monoisotopic (exact) mass is 347 g/mol. The predicted octanol–water partition coefficient (Wildman–Crippen LogP) is 4.65. The van der Waals surface area contributed by atoms with Gasteiger partial charge < -0.3 is 10.1 Å². The van der Waals surface area contributed by atoms with Crippen molar-refractivity contribution in [3.8, 4) is 5.75 Å². The molecule has 0 aliphatic carbocycles. The molecule has 1 N–H and O–H groups in total. The van der Waals surface area contributed by atoms with Crippen LogP contribution in [0.3, 0.4) is 0 Å². The third-order valence-electron chi connectivity index (χ3n) is 3.65. The third-order valence-corrected chi connectivity index (χ3v) is 4.38. The van der Waals surface area contributed by atoms with Gasteiger partial charge in [0.1, 0.15) is 5.75 Å². The molecule has 23 heavy (non-hydrogen) atoms. The molecule has 2 aromatic rings. The lowest BCUT2D eigenvalue weighted by Crippen LogP contribution is -2.30. The molecule has 0 saturated heterocycles. The van der Waals surface area contributed by atoms with Gasteiger partial charge in [0.2, 0.25) is 5.91 Å². The first kappa shape index (κ1) is 15.9. The Morgan fingerprint density at radius 3 is 2.83 bits per heavy atom. The molecule has 1 aliphatic heterocycles. The number of amides is 1. The second-order valence-corrected chi connectivity index (χ2v) is 6.06. The number of ether oxygens (including phenoxy) is 1. The Bertz CT molecular complexity index is 758. The van der Waals surface area contributed by atoms with E-state index in [1.807, 2.05) is 30.3 Å². The normalized spacial score (nSPS) is 16.7. The second kappa shape index (κ2) is 7.07. The summed E-state index contributed by atoms with van der Waals surface area (Å²) in [6.45, 7) is 0.596. The van der Waals surface area contributed by atoms with Crippen molar-refractivity contribution in [2.24, 2.45) is 0 Å². The van der Waals surface area contributed by atoms with Gasteiger partial charge in [-0.2, -0.15) is 0 Å². The van der Waals surface area contributed by atoms with Gasteiger partial charge in [0.25, 0.3) is 0 Å². The van der Waals surface area contributed by atoms with Crippen LogP contribution in [-0.4, -0.2) is 12.5 Å². The molecule has 0 saturated carbocycles. The molecule has 2 aromatic carbocycles. The van der Waals surface area contributed by atoms with E-state index in [0.29, 0.717) is 16.7 Å². The SMILES string of the molecule is O=C(/C=C/c1ccc(Cl)c(Cl)c1)N[C@@H]1CCOc2ccccc21. The average molecular weight is 348 g/mol. The zero-order valence-electron chi connectivity index (χ0n) is 12.3. The van der Waals surface area contributed by atoms with Crippen LogP contribution in [0.1, 0.15) is 23.6 Å². The largest absolute Gasteiger partial charge is 0.493 e. The number of carbonyl (C=O) groups is 1. The number of para-hydroxylation sites is 1. The highest BCUT2D eigenvalue weighted by atomic mass is 35.5. The Labute approximate surface area is 144 Å². The van der Waals surface area contributed by atoms with Crippen LogP contribution in [0.15, 0.2) is 48.5 Å². The van der Waals surface area contributed by atoms with E-state index in [-0.39, 0.29) is 11.9 Å². The minimum atomic E-state index is -0.155. The van der Waals surface area contributed by atoms with Gasteiger partial charge in [-0.1, -0.05) is 47.5 Å². The predicted molar refractivity (Wildman–Crippen MR) is 92.9 cm³/mol. The molecule has 1 heterocycles. The minimum Gasteiger partial charge on any atom is -0.493 e. The van der Waals surface area contributed by atoms with Crippen molar-refractivity contribution in [2.75, 3.05) is 6.61 Å². The standard InChI is InChI=1S/C18H15Cl2NO2/c19-14-7-5-12(11-15(14)20)6-8-18(22)21-16-9-10-23-17-4-2-1-3-13(16)17/h1-8,11,16H,9-10H2,(H,21,22)/b8-6+/t16-/m1/s1. The van der Waals surface area contributed by atoms with Gasteiger partial charge in [-0.3, -0.25) is 4.79 Å². The Morgan fingerprint density at radius 2 is 2.00 bits per heavy atom. The molecular weight excluding hydrogens is 333 g/mol. The Morgan fingerprint density at radius 1 is 1.17 bits per heavy atom. The summed E-state index contributed by atoms with van der Waals surface area (Å²) >= 11 is 11.8. The number of hydrogen-bond acceptors (Lipinski definition) is 2. The fourth-order valence-electron chi connectivity index (χ4n) is 2.50. The Balaban J connectivity index is 1.68. The van der Waals surface area contributed by atoms with E-state index in [1.165, 1.54) is 6.08 Å². The van der Waals surface area contributed by atoms with Crippen molar-refractivity contribution in [3.63, 3.8) is 0 Å². The smallest absolute Gasteiger partial charge is 0.244 e. The fourth-order valence-corrected chi connectivity index (χ4v) is 2.81. The fraction of sp³-hybridized carbons (Fsp3) is 0.167. The number of rotatable bonds is 3. The van der Waals surface area contributed by atoms with Gasteiger partial charge in [-0.15, -0.1) is 0 Å². The molecule has 1 amide bonds. The molecule has 5 heteroatoms. The van der Waals surface area contributed by atoms with E-state index in [4.69, 9.17) is 27.9 Å². The number of carbonyl (C=O) groups excluding carboxylic acids is 1. The minimum absolute atomic E-state index is 0.0362. The first-order valence-corrected chi connectivity index (χ1v) is 8.04. The van der Waals surface area contributed by atoms with E-state index in [9.17, 15) is 4.79 Å². The van der Waals surface area contributed by atoms with Crippen molar-refractivity contribution in [3.05, 3.63) is 69.7 Å². The number of nitrogens with one attached hydrogen (secondary N) is 1. The number of benzene rings is 2. The maximum atomic E-state index is 12.1. The molecule has 1 aliphatic rings. The lowest BCUT2D eigenvalue weighted by atomic mass is 10.0. The van der Waals surface area contributed by atoms with Crippen LogP contribution in [0, 0.1) is 0 Å². The summed E-state index contributed by atoms with van der Waals surface area (Å²) in [5, 5.41) is 3.96. The summed E-state index contributed by atoms with van der Waals surface area (Å²) < 4.78 is 5.59. The highest BCUT2D eigenvalue weighted by Gasteiger charge is 2.21. The summed E-state index contributed by atoms with van der Waals surface area (Å²) in [4.78, 5) is 12.1. The summed E-state index contributed by atoms with van der Waals surface area (Å²) in [6, 6.07) is 13.0. The van der Waals surface area contributed by atoms with Crippen LogP contribution in [0.5, 0.6) is 5.75 Å². The first-order valence-electron chi connectivity index (χ1n) is 7.29. The van der Waals surface area contributed by atoms with E-state index in [0.717, 1.165) is 23.3 Å². The highest BCUT2D eigenvalue weighted by Crippen LogP contribution is 2.31. The summed E-state index contributed by atoms with van der Waals surface area (Å²) in [5.74, 6) is 0.676. The molecule has 0 aromatic heterocycles. The van der Waals surface area contributed by atoms with Crippen LogP contribution in [0.4, 0.5) is 0 Å². The summed E-state index contributed by atoms with van der Waals surface area (Å²) in [5.41, 5.74) is 1.83. The molecule has 0 radical (unpaired) electrons. The van der Waals surface area contributed by atoms with Gasteiger partial charge in [0, 0.05) is 18.1 Å². The van der Waals surface area contributed by atoms with E-state index in [1.54, 1.807) is 18.2 Å². The molecule has 3 nitrogen and oxygen atoms in total. The molecule has 118 valence electrons. The maximum absolute atomic E-state index is 12.1. The van der Waals surface area contributed by atoms with Gasteiger partial charge in [-0.25, -0.2) is 0 Å². The van der Waals surface area contributed by atoms with Gasteiger partial charge in [0.05, 0.1) is 22.7 Å². The average Bonchev–Trinajstić information content (AvgIpc) is 2.56. The zero-order valence-corrected chi connectivity index (χ0v) is 13.8. The molecule has 0 fully saturated rings. The Kier molecular flexibility index (Phi) is 4.89. The zero-order chi connectivity index (χ0) is 16.2. The second-order valence-electron chi connectivity index (χ2n) is 5.24. The van der Waals surface area contributed by atoms with E-state index < -0.39 is 0 Å². The van der Waals surface area contributed by atoms with Crippen LogP contribution < -0.4 is 10.1 Å². The molecule has 0 unspecified atom stereocenters. The number of fused-ring (bicyclic) bond motifs is 1. The lowest BCUT2D eigenvalue weighted by molar-refractivity contribution is -0.117. The van der Waals surface area contributed by atoms with Crippen LogP contribution in [-0.2, 0) is 4.79 Å². The summed E-state index contributed by atoms with van der Waals surface area (Å²) in [7, 11) is 0. The van der Waals surface area contributed by atoms with Crippen molar-refractivity contribution in [1.82, 2.24) is 5.32 Å². The molecule has 1 atom stereocenters. The quantitative estimate of drug-likeness (QED) is 0.821. The number of hydrogen-bond donors (Lipinski definition) is 1. The van der Waals surface area contributed by atoms with Crippen molar-refractivity contribution in [1.29, 1.82) is 0 Å². The molecule has 0 spiro atoms. The molecule has 3 rings (SSSR count). The molecular formula is C18H15Cl2NO2. The van der Waals surface area contributed by atoms with Crippen molar-refractivity contribution < 1.29 is 9.53 Å². The van der Waals surface area contributed by atoms with E-state index in [2.05, 4.69) is 5.32 Å². The van der Waals surface area contributed by atoms with Crippen LogP contribution in [0.25, 0.3) is 6.08 Å². The van der Waals surface area contributed by atoms with Crippen molar-refractivity contribution >= 4 is 35.2 Å². The topological polar surface area (TPSA) is 38.3 Å². The lowest BCUT2D eigenvalue weighted by Gasteiger charge is -2.26. The maximum Gasteiger partial charge on any atom is 0.244 e. The van der Waals surface area contributed by atoms with Crippen LogP contribution in [0.2, 0.25) is 10.0 Å². The van der Waals surface area contributed by atoms with Gasteiger partial charge in [-0.05, 0) is 29.8 Å². The van der Waals surface area contributed by atoms with Crippen molar-refractivity contribution in [2.45, 2.75) is 12.5 Å². The number of halogens is 2.